The molecule has 1 saturated heterocycles. The lowest BCUT2D eigenvalue weighted by Gasteiger charge is -2.33. The molecule has 0 spiro atoms. The van der Waals surface area contributed by atoms with Gasteiger partial charge in [-0.3, -0.25) is 9.78 Å². The molecule has 144 valence electrons. The number of piperazine rings is 1. The SMILES string of the molecule is CCc1cccc(CC)c1Nc1ccnc(C(=O)N2CCN(CC)CC2)c1. The molecule has 2 aromatic rings. The van der Waals surface area contributed by atoms with E-state index in [4.69, 9.17) is 0 Å². The van der Waals surface area contributed by atoms with Crippen molar-refractivity contribution in [1.29, 1.82) is 0 Å². The summed E-state index contributed by atoms with van der Waals surface area (Å²) in [5.74, 6) is 0.0221. The van der Waals surface area contributed by atoms with E-state index in [-0.39, 0.29) is 5.91 Å². The van der Waals surface area contributed by atoms with Crippen LogP contribution in [0.2, 0.25) is 0 Å². The Morgan fingerprint density at radius 1 is 1.04 bits per heavy atom. The zero-order chi connectivity index (χ0) is 19.2. The number of pyridine rings is 1. The first kappa shape index (κ1) is 19.4. The number of hydrogen-bond acceptors (Lipinski definition) is 4. The normalized spacial score (nSPS) is 15.0. The van der Waals surface area contributed by atoms with E-state index >= 15 is 0 Å². The molecule has 0 bridgehead atoms. The molecule has 3 rings (SSSR count). The van der Waals surface area contributed by atoms with Crippen LogP contribution >= 0.6 is 0 Å². The predicted molar refractivity (Wildman–Crippen MR) is 111 cm³/mol. The number of nitrogens with zero attached hydrogens (tertiary/aromatic N) is 3. The number of likely N-dealkylation sites (N-methyl/N-ethyl adjacent to an activating group) is 1. The molecule has 1 N–H and O–H groups in total. The van der Waals surface area contributed by atoms with Gasteiger partial charge in [0, 0.05) is 43.8 Å². The zero-order valence-electron chi connectivity index (χ0n) is 16.7. The number of aryl methyl sites for hydroxylation is 2. The minimum absolute atomic E-state index is 0.0221. The van der Waals surface area contributed by atoms with E-state index in [9.17, 15) is 4.79 Å². The van der Waals surface area contributed by atoms with E-state index in [1.807, 2.05) is 17.0 Å². The molecule has 0 atom stereocenters. The van der Waals surface area contributed by atoms with E-state index in [2.05, 4.69) is 54.2 Å². The van der Waals surface area contributed by atoms with Crippen LogP contribution in [0.1, 0.15) is 42.4 Å². The molecule has 1 aromatic carbocycles. The minimum Gasteiger partial charge on any atom is -0.355 e. The number of anilines is 2. The van der Waals surface area contributed by atoms with Crippen molar-refractivity contribution in [2.45, 2.75) is 33.6 Å². The Balaban J connectivity index is 1.78. The third kappa shape index (κ3) is 4.48. The number of para-hydroxylation sites is 1. The standard InChI is InChI=1S/C22H30N4O/c1-4-17-8-7-9-18(5-2)21(17)24-19-10-11-23-20(16-19)22(27)26-14-12-25(6-3)13-15-26/h7-11,16H,4-6,12-15H2,1-3H3,(H,23,24). The van der Waals surface area contributed by atoms with E-state index in [0.717, 1.165) is 56.9 Å². The number of benzene rings is 1. The Kier molecular flexibility index (Phi) is 6.45. The van der Waals surface area contributed by atoms with Crippen molar-refractivity contribution >= 4 is 17.3 Å². The van der Waals surface area contributed by atoms with Crippen LogP contribution in [0, 0.1) is 0 Å². The topological polar surface area (TPSA) is 48.5 Å². The average Bonchev–Trinajstić information content (AvgIpc) is 2.73. The van der Waals surface area contributed by atoms with Gasteiger partial charge in [0.05, 0.1) is 0 Å². The van der Waals surface area contributed by atoms with Crippen molar-refractivity contribution in [2.75, 3.05) is 38.0 Å². The molecule has 1 aromatic heterocycles. The van der Waals surface area contributed by atoms with Crippen molar-refractivity contribution in [1.82, 2.24) is 14.8 Å². The first-order chi connectivity index (χ1) is 13.2. The number of carbonyl (C=O) groups is 1. The molecule has 1 fully saturated rings. The summed E-state index contributed by atoms with van der Waals surface area (Å²) in [7, 11) is 0. The van der Waals surface area contributed by atoms with E-state index < -0.39 is 0 Å². The lowest BCUT2D eigenvalue weighted by molar-refractivity contribution is 0.0637. The monoisotopic (exact) mass is 366 g/mol. The van der Waals surface area contributed by atoms with Crippen molar-refractivity contribution < 1.29 is 4.79 Å². The number of nitrogens with one attached hydrogen (secondary N) is 1. The third-order valence-electron chi connectivity index (χ3n) is 5.35. The number of rotatable bonds is 6. The first-order valence-corrected chi connectivity index (χ1v) is 10.0. The van der Waals surface area contributed by atoms with Gasteiger partial charge in [0.15, 0.2) is 0 Å². The number of carbonyl (C=O) groups excluding carboxylic acids is 1. The molecule has 1 aliphatic heterocycles. The molecule has 5 nitrogen and oxygen atoms in total. The number of amides is 1. The Labute approximate surface area is 162 Å². The van der Waals surface area contributed by atoms with Gasteiger partial charge in [0.2, 0.25) is 0 Å². The minimum atomic E-state index is 0.0221. The van der Waals surface area contributed by atoms with Gasteiger partial charge in [-0.2, -0.15) is 0 Å². The molecule has 0 radical (unpaired) electrons. The van der Waals surface area contributed by atoms with Gasteiger partial charge in [-0.1, -0.05) is 39.0 Å². The van der Waals surface area contributed by atoms with Crippen LogP contribution in [-0.4, -0.2) is 53.4 Å². The Hall–Kier alpha value is -2.40. The van der Waals surface area contributed by atoms with Crippen molar-refractivity contribution in [2.24, 2.45) is 0 Å². The molecular formula is C22H30N4O. The average molecular weight is 367 g/mol. The molecule has 1 amide bonds. The zero-order valence-corrected chi connectivity index (χ0v) is 16.7. The maximum absolute atomic E-state index is 12.9. The van der Waals surface area contributed by atoms with Gasteiger partial charge in [-0.25, -0.2) is 0 Å². The quantitative estimate of drug-likeness (QED) is 0.846. The molecule has 1 aliphatic rings. The smallest absolute Gasteiger partial charge is 0.272 e. The highest BCUT2D eigenvalue weighted by Crippen LogP contribution is 2.26. The van der Waals surface area contributed by atoms with Crippen molar-refractivity contribution in [3.05, 3.63) is 53.3 Å². The van der Waals surface area contributed by atoms with Crippen molar-refractivity contribution in [3.8, 4) is 0 Å². The number of aromatic nitrogens is 1. The predicted octanol–water partition coefficient (Wildman–Crippen LogP) is 3.73. The van der Waals surface area contributed by atoms with Gasteiger partial charge in [0.25, 0.3) is 5.91 Å². The third-order valence-corrected chi connectivity index (χ3v) is 5.35. The van der Waals surface area contributed by atoms with Gasteiger partial charge in [-0.05, 0) is 42.6 Å². The summed E-state index contributed by atoms with van der Waals surface area (Å²) < 4.78 is 0. The molecule has 0 saturated carbocycles. The molecule has 2 heterocycles. The first-order valence-electron chi connectivity index (χ1n) is 10.0. The Morgan fingerprint density at radius 3 is 2.30 bits per heavy atom. The fraction of sp³-hybridized carbons (Fsp3) is 0.455. The summed E-state index contributed by atoms with van der Waals surface area (Å²) in [6, 6.07) is 10.2. The van der Waals surface area contributed by atoms with Crippen LogP contribution in [0.5, 0.6) is 0 Å². The lowest BCUT2D eigenvalue weighted by atomic mass is 10.0. The van der Waals surface area contributed by atoms with Gasteiger partial charge in [-0.15, -0.1) is 0 Å². The van der Waals surface area contributed by atoms with E-state index in [0.29, 0.717) is 5.69 Å². The fourth-order valence-electron chi connectivity index (χ4n) is 3.60. The van der Waals surface area contributed by atoms with E-state index in [1.54, 1.807) is 6.20 Å². The summed E-state index contributed by atoms with van der Waals surface area (Å²) in [5.41, 5.74) is 5.15. The summed E-state index contributed by atoms with van der Waals surface area (Å²) in [5, 5.41) is 3.54. The van der Waals surface area contributed by atoms with Crippen molar-refractivity contribution in [3.63, 3.8) is 0 Å². The fourth-order valence-corrected chi connectivity index (χ4v) is 3.60. The molecule has 5 heteroatoms. The van der Waals surface area contributed by atoms with Crippen LogP contribution in [0.3, 0.4) is 0 Å². The molecule has 0 unspecified atom stereocenters. The van der Waals surface area contributed by atoms with Crippen LogP contribution in [0.4, 0.5) is 11.4 Å². The second-order valence-electron chi connectivity index (χ2n) is 6.94. The van der Waals surface area contributed by atoms with E-state index in [1.165, 1.54) is 11.1 Å². The molecule has 27 heavy (non-hydrogen) atoms. The molecule has 0 aliphatic carbocycles. The second kappa shape index (κ2) is 9.00. The van der Waals surface area contributed by atoms with Gasteiger partial charge in [0.1, 0.15) is 5.69 Å². The summed E-state index contributed by atoms with van der Waals surface area (Å²) >= 11 is 0. The summed E-state index contributed by atoms with van der Waals surface area (Å²) in [6.07, 6.45) is 3.65. The Morgan fingerprint density at radius 2 is 1.70 bits per heavy atom. The number of hydrogen-bond donors (Lipinski definition) is 1. The van der Waals surface area contributed by atoms with Gasteiger partial charge < -0.3 is 15.1 Å². The van der Waals surface area contributed by atoms with Crippen LogP contribution < -0.4 is 5.32 Å². The summed E-state index contributed by atoms with van der Waals surface area (Å²) in [4.78, 5) is 21.5. The maximum atomic E-state index is 12.9. The maximum Gasteiger partial charge on any atom is 0.272 e. The highest BCUT2D eigenvalue weighted by atomic mass is 16.2. The highest BCUT2D eigenvalue weighted by molar-refractivity contribution is 5.93. The highest BCUT2D eigenvalue weighted by Gasteiger charge is 2.22. The second-order valence-corrected chi connectivity index (χ2v) is 6.94. The van der Waals surface area contributed by atoms with Crippen LogP contribution in [0.25, 0.3) is 0 Å². The lowest BCUT2D eigenvalue weighted by Crippen LogP contribution is -2.48. The van der Waals surface area contributed by atoms with Crippen LogP contribution in [-0.2, 0) is 12.8 Å². The van der Waals surface area contributed by atoms with Gasteiger partial charge >= 0.3 is 0 Å². The Bertz CT molecular complexity index is 759. The summed E-state index contributed by atoms with van der Waals surface area (Å²) in [6.45, 7) is 10.9. The molecular weight excluding hydrogens is 336 g/mol. The largest absolute Gasteiger partial charge is 0.355 e. The van der Waals surface area contributed by atoms with Crippen LogP contribution in [0.15, 0.2) is 36.5 Å².